The summed E-state index contributed by atoms with van der Waals surface area (Å²) in [6.07, 6.45) is 3.83. The number of aryl methyl sites for hydroxylation is 2. The largest absolute Gasteiger partial charge is 0.345 e. The van der Waals surface area contributed by atoms with Gasteiger partial charge in [-0.1, -0.05) is 39.0 Å². The molecule has 3 heteroatoms. The number of benzene rings is 1. The third-order valence-corrected chi connectivity index (χ3v) is 5.73. The van der Waals surface area contributed by atoms with Crippen molar-refractivity contribution in [1.82, 2.24) is 4.90 Å². The summed E-state index contributed by atoms with van der Waals surface area (Å²) in [6.45, 7) is 12.6. The molecule has 1 saturated carbocycles. The molecule has 2 atom stereocenters. The Hall–Kier alpha value is -1.09. The average Bonchev–Trinajstić information content (AvgIpc) is 2.63. The summed E-state index contributed by atoms with van der Waals surface area (Å²) in [7, 11) is 0. The fraction of sp³-hybridized carbons (Fsp3) is 0.632. The molecule has 1 aliphatic heterocycles. The van der Waals surface area contributed by atoms with Crippen LogP contribution < -0.4 is 5.32 Å². The second kappa shape index (κ2) is 5.23. The van der Waals surface area contributed by atoms with Gasteiger partial charge in [0.15, 0.2) is 5.11 Å². The summed E-state index contributed by atoms with van der Waals surface area (Å²) >= 11 is 5.78. The molecule has 1 aromatic carbocycles. The van der Waals surface area contributed by atoms with E-state index >= 15 is 0 Å². The minimum absolute atomic E-state index is 0.416. The Balaban J connectivity index is 1.79. The van der Waals surface area contributed by atoms with Crippen LogP contribution in [0.15, 0.2) is 18.2 Å². The number of fused-ring (bicyclic) bond motifs is 2. The Morgan fingerprint density at radius 1 is 1.18 bits per heavy atom. The Morgan fingerprint density at radius 2 is 1.82 bits per heavy atom. The number of nitrogens with zero attached hydrogens (tertiary/aromatic N) is 1. The molecular weight excluding hydrogens is 288 g/mol. The molecule has 1 aliphatic carbocycles. The Kier molecular flexibility index (Phi) is 3.75. The molecule has 3 rings (SSSR count). The van der Waals surface area contributed by atoms with E-state index in [1.807, 2.05) is 0 Å². The van der Waals surface area contributed by atoms with Crippen LogP contribution in [0, 0.1) is 24.7 Å². The maximum absolute atomic E-state index is 5.78. The fourth-order valence-corrected chi connectivity index (χ4v) is 5.20. The van der Waals surface area contributed by atoms with E-state index in [9.17, 15) is 0 Å². The highest BCUT2D eigenvalue weighted by Crippen LogP contribution is 2.52. The first-order valence-corrected chi connectivity index (χ1v) is 8.74. The van der Waals surface area contributed by atoms with Crippen LogP contribution in [0.25, 0.3) is 0 Å². The van der Waals surface area contributed by atoms with Crippen molar-refractivity contribution in [2.24, 2.45) is 10.8 Å². The highest BCUT2D eigenvalue weighted by molar-refractivity contribution is 7.80. The smallest absolute Gasteiger partial charge is 0.173 e. The van der Waals surface area contributed by atoms with Gasteiger partial charge < -0.3 is 10.2 Å². The minimum Gasteiger partial charge on any atom is -0.345 e. The molecule has 1 heterocycles. The molecule has 0 amide bonds. The van der Waals surface area contributed by atoms with Crippen LogP contribution >= 0.6 is 12.2 Å². The molecule has 2 unspecified atom stereocenters. The van der Waals surface area contributed by atoms with Crippen molar-refractivity contribution in [1.29, 1.82) is 0 Å². The Labute approximate surface area is 140 Å². The molecule has 120 valence electrons. The summed E-state index contributed by atoms with van der Waals surface area (Å²) in [5.41, 5.74) is 4.55. The summed E-state index contributed by atoms with van der Waals surface area (Å²) in [6, 6.07) is 6.99. The van der Waals surface area contributed by atoms with Crippen molar-refractivity contribution in [3.8, 4) is 0 Å². The van der Waals surface area contributed by atoms with Crippen LogP contribution in [0.5, 0.6) is 0 Å². The van der Waals surface area contributed by atoms with Gasteiger partial charge in [0, 0.05) is 18.3 Å². The molecule has 1 saturated heterocycles. The quantitative estimate of drug-likeness (QED) is 0.742. The van der Waals surface area contributed by atoms with Gasteiger partial charge in [0.2, 0.25) is 0 Å². The average molecular weight is 317 g/mol. The molecule has 1 N–H and O–H groups in total. The molecule has 1 aromatic rings. The van der Waals surface area contributed by atoms with Crippen molar-refractivity contribution >= 4 is 23.0 Å². The zero-order chi connectivity index (χ0) is 16.1. The standard InChI is InChI=1S/C19H28N2S/c1-13-7-6-8-14(2)16(13)20-17(22)21-12-19(5)10-15(21)9-18(3,4)11-19/h6-8,15H,9-12H2,1-5H3,(H,20,22). The lowest BCUT2D eigenvalue weighted by Crippen LogP contribution is -2.40. The second-order valence-electron chi connectivity index (χ2n) is 8.54. The third-order valence-electron chi connectivity index (χ3n) is 5.39. The van der Waals surface area contributed by atoms with Gasteiger partial charge in [-0.05, 0) is 67.3 Å². The van der Waals surface area contributed by atoms with E-state index < -0.39 is 0 Å². The van der Waals surface area contributed by atoms with Crippen molar-refractivity contribution in [3.05, 3.63) is 29.3 Å². The monoisotopic (exact) mass is 316 g/mol. The molecule has 2 fully saturated rings. The summed E-state index contributed by atoms with van der Waals surface area (Å²) < 4.78 is 0. The number of hydrogen-bond acceptors (Lipinski definition) is 1. The maximum Gasteiger partial charge on any atom is 0.173 e. The number of para-hydroxylation sites is 1. The topological polar surface area (TPSA) is 15.3 Å². The highest BCUT2D eigenvalue weighted by Gasteiger charge is 2.50. The third kappa shape index (κ3) is 2.88. The van der Waals surface area contributed by atoms with Crippen LogP contribution in [0.3, 0.4) is 0 Å². The number of anilines is 1. The lowest BCUT2D eigenvalue weighted by Gasteiger charge is -2.39. The minimum atomic E-state index is 0.416. The first-order valence-electron chi connectivity index (χ1n) is 8.33. The SMILES string of the molecule is Cc1cccc(C)c1NC(=S)N1CC2(C)CC1CC(C)(C)C2. The normalized spacial score (nSPS) is 29.5. The van der Waals surface area contributed by atoms with Gasteiger partial charge in [0.05, 0.1) is 0 Å². The molecule has 22 heavy (non-hydrogen) atoms. The van der Waals surface area contributed by atoms with E-state index in [1.54, 1.807) is 0 Å². The van der Waals surface area contributed by atoms with Crippen LogP contribution in [0.1, 0.15) is 51.2 Å². The van der Waals surface area contributed by atoms with E-state index in [2.05, 4.69) is 63.0 Å². The zero-order valence-corrected chi connectivity index (χ0v) is 15.3. The summed E-state index contributed by atoms with van der Waals surface area (Å²) in [5.74, 6) is 0. The number of thiocarbonyl (C=S) groups is 1. The highest BCUT2D eigenvalue weighted by atomic mass is 32.1. The molecule has 0 aromatic heterocycles. The molecular formula is C19H28N2S. The van der Waals surface area contributed by atoms with E-state index in [0.717, 1.165) is 11.7 Å². The molecule has 0 radical (unpaired) electrons. The van der Waals surface area contributed by atoms with Crippen molar-refractivity contribution in [3.63, 3.8) is 0 Å². The van der Waals surface area contributed by atoms with Crippen molar-refractivity contribution in [2.45, 2.75) is 59.9 Å². The first kappa shape index (κ1) is 15.8. The van der Waals surface area contributed by atoms with Gasteiger partial charge in [-0.3, -0.25) is 0 Å². The molecule has 2 bridgehead atoms. The Morgan fingerprint density at radius 3 is 2.45 bits per heavy atom. The first-order chi connectivity index (χ1) is 10.2. The van der Waals surface area contributed by atoms with Crippen LogP contribution in [-0.4, -0.2) is 22.6 Å². The van der Waals surface area contributed by atoms with Gasteiger partial charge in [-0.25, -0.2) is 0 Å². The van der Waals surface area contributed by atoms with Gasteiger partial charge in [-0.15, -0.1) is 0 Å². The number of hydrogen-bond donors (Lipinski definition) is 1. The lowest BCUT2D eigenvalue weighted by atomic mass is 9.65. The predicted octanol–water partition coefficient (Wildman–Crippen LogP) is 4.90. The van der Waals surface area contributed by atoms with E-state index in [1.165, 1.54) is 36.1 Å². The molecule has 0 spiro atoms. The van der Waals surface area contributed by atoms with E-state index in [4.69, 9.17) is 12.2 Å². The molecule has 2 aliphatic rings. The Bertz CT molecular complexity index is 587. The van der Waals surface area contributed by atoms with Crippen molar-refractivity contribution < 1.29 is 0 Å². The van der Waals surface area contributed by atoms with E-state index in [0.29, 0.717) is 16.9 Å². The van der Waals surface area contributed by atoms with Crippen LogP contribution in [-0.2, 0) is 0 Å². The summed E-state index contributed by atoms with van der Waals surface area (Å²) in [4.78, 5) is 2.45. The summed E-state index contributed by atoms with van der Waals surface area (Å²) in [5, 5.41) is 4.44. The lowest BCUT2D eigenvalue weighted by molar-refractivity contribution is 0.132. The van der Waals surface area contributed by atoms with Crippen LogP contribution in [0.4, 0.5) is 5.69 Å². The predicted molar refractivity (Wildman–Crippen MR) is 98.4 cm³/mol. The zero-order valence-electron chi connectivity index (χ0n) is 14.5. The van der Waals surface area contributed by atoms with Gasteiger partial charge in [-0.2, -0.15) is 0 Å². The molecule has 2 nitrogen and oxygen atoms in total. The number of likely N-dealkylation sites (tertiary alicyclic amines) is 1. The van der Waals surface area contributed by atoms with Gasteiger partial charge >= 0.3 is 0 Å². The van der Waals surface area contributed by atoms with Gasteiger partial charge in [0.25, 0.3) is 0 Å². The van der Waals surface area contributed by atoms with Gasteiger partial charge in [0.1, 0.15) is 0 Å². The number of rotatable bonds is 1. The van der Waals surface area contributed by atoms with E-state index in [-0.39, 0.29) is 0 Å². The second-order valence-corrected chi connectivity index (χ2v) is 8.93. The maximum atomic E-state index is 5.78. The van der Waals surface area contributed by atoms with Crippen molar-refractivity contribution in [2.75, 3.05) is 11.9 Å². The van der Waals surface area contributed by atoms with Crippen LogP contribution in [0.2, 0.25) is 0 Å². The fourth-order valence-electron chi connectivity index (χ4n) is 4.89. The number of nitrogens with one attached hydrogen (secondary N) is 1.